The predicted molar refractivity (Wildman–Crippen MR) is 118 cm³/mol. The number of urea groups is 1. The number of carbonyl (C=O) groups excluding carboxylic acids is 2. The molecule has 0 saturated carbocycles. The molecule has 2 aromatic carbocycles. The predicted octanol–water partition coefficient (Wildman–Crippen LogP) is 2.09. The Bertz CT molecular complexity index is 1100. The highest BCUT2D eigenvalue weighted by Crippen LogP contribution is 2.23. The smallest absolute Gasteiger partial charge is 0.316 e. The van der Waals surface area contributed by atoms with Gasteiger partial charge in [-0.05, 0) is 36.2 Å². The Kier molecular flexibility index (Phi) is 6.91. The van der Waals surface area contributed by atoms with Crippen molar-refractivity contribution in [2.24, 2.45) is 10.7 Å². The molecule has 0 spiro atoms. The molecular formula is C21H25N5O4S. The first-order valence-corrected chi connectivity index (χ1v) is 11.4. The van der Waals surface area contributed by atoms with E-state index < -0.39 is 22.1 Å². The van der Waals surface area contributed by atoms with Gasteiger partial charge >= 0.3 is 6.03 Å². The minimum Gasteiger partial charge on any atom is -0.351 e. The Balaban J connectivity index is 1.73. The first-order valence-electron chi connectivity index (χ1n) is 9.93. The second kappa shape index (κ2) is 9.61. The van der Waals surface area contributed by atoms with Crippen molar-refractivity contribution in [3.8, 4) is 0 Å². The number of amides is 3. The number of rotatable bonds is 8. The van der Waals surface area contributed by atoms with Gasteiger partial charge in [0, 0.05) is 17.8 Å². The molecule has 0 bridgehead atoms. The summed E-state index contributed by atoms with van der Waals surface area (Å²) in [5.41, 5.74) is 6.94. The number of benzene rings is 2. The summed E-state index contributed by atoms with van der Waals surface area (Å²) >= 11 is 0. The highest BCUT2D eigenvalue weighted by molar-refractivity contribution is 7.90. The van der Waals surface area contributed by atoms with Crippen LogP contribution in [0.15, 0.2) is 58.4 Å². The van der Waals surface area contributed by atoms with Crippen molar-refractivity contribution in [2.45, 2.75) is 43.7 Å². The number of aliphatic imine (C=N–C) groups is 1. The van der Waals surface area contributed by atoms with Crippen LogP contribution in [0, 0.1) is 0 Å². The molecule has 0 fully saturated rings. The maximum atomic E-state index is 12.8. The number of nitrogens with zero attached hydrogens (tertiary/aromatic N) is 1. The van der Waals surface area contributed by atoms with Crippen molar-refractivity contribution < 1.29 is 18.0 Å². The first kappa shape index (κ1) is 22.3. The third-order valence-electron chi connectivity index (χ3n) is 4.77. The average Bonchev–Trinajstić information content (AvgIpc) is 3.00. The van der Waals surface area contributed by atoms with Crippen LogP contribution in [-0.2, 0) is 21.4 Å². The van der Waals surface area contributed by atoms with E-state index in [4.69, 9.17) is 5.73 Å². The zero-order valence-corrected chi connectivity index (χ0v) is 17.9. The molecule has 3 amide bonds. The Hall–Kier alpha value is -3.40. The monoisotopic (exact) mass is 443 g/mol. The molecule has 164 valence electrons. The average molecular weight is 444 g/mol. The van der Waals surface area contributed by atoms with Crippen molar-refractivity contribution in [2.75, 3.05) is 5.32 Å². The Morgan fingerprint density at radius 2 is 1.84 bits per heavy atom. The summed E-state index contributed by atoms with van der Waals surface area (Å²) in [6.07, 6.45) is 2.15. The molecule has 3 rings (SSSR count). The van der Waals surface area contributed by atoms with Crippen molar-refractivity contribution in [1.82, 2.24) is 10.0 Å². The van der Waals surface area contributed by atoms with Gasteiger partial charge in [0.2, 0.25) is 5.91 Å². The third-order valence-corrected chi connectivity index (χ3v) is 6.17. The van der Waals surface area contributed by atoms with E-state index in [0.29, 0.717) is 17.7 Å². The zero-order valence-electron chi connectivity index (χ0n) is 17.1. The maximum absolute atomic E-state index is 12.8. The van der Waals surface area contributed by atoms with E-state index in [1.54, 1.807) is 42.5 Å². The van der Waals surface area contributed by atoms with Gasteiger partial charge < -0.3 is 16.4 Å². The van der Waals surface area contributed by atoms with Crippen molar-refractivity contribution >= 4 is 33.5 Å². The van der Waals surface area contributed by atoms with Crippen LogP contribution in [0.2, 0.25) is 0 Å². The quantitative estimate of drug-likeness (QED) is 0.495. The number of amidine groups is 1. The standard InChI is InChI=1S/C21H25N5O4S/c1-2-3-7-17(25-19-16-6-4-5-8-18(16)31(29,30)26-19)20(27)23-13-14-9-11-15(12-10-14)24-21(22)28/h4-6,8-12,17H,2-3,7,13H2,1H3,(H,23,27)(H,25,26)(H3,22,24,28). The normalized spacial score (nSPS) is 16.2. The highest BCUT2D eigenvalue weighted by atomic mass is 32.2. The Labute approximate surface area is 181 Å². The molecule has 1 aliphatic heterocycles. The second-order valence-corrected chi connectivity index (χ2v) is 8.79. The number of carbonyl (C=O) groups is 2. The van der Waals surface area contributed by atoms with Gasteiger partial charge in [0.25, 0.3) is 10.0 Å². The summed E-state index contributed by atoms with van der Waals surface area (Å²) in [4.78, 5) is 28.3. The van der Waals surface area contributed by atoms with Gasteiger partial charge in [-0.2, -0.15) is 0 Å². The number of unbranched alkanes of at least 4 members (excludes halogenated alkanes) is 1. The SMILES string of the molecule is CCCCC(N=C1NS(=O)(=O)c2ccccc21)C(=O)NCc1ccc(NC(N)=O)cc1. The topological polar surface area (TPSA) is 143 Å². The molecule has 10 heteroatoms. The van der Waals surface area contributed by atoms with E-state index >= 15 is 0 Å². The van der Waals surface area contributed by atoms with Crippen LogP contribution in [-0.4, -0.2) is 32.2 Å². The van der Waals surface area contributed by atoms with Gasteiger partial charge in [-0.15, -0.1) is 0 Å². The molecule has 1 aliphatic rings. The highest BCUT2D eigenvalue weighted by Gasteiger charge is 2.31. The zero-order chi connectivity index (χ0) is 22.4. The van der Waals surface area contributed by atoms with Crippen LogP contribution in [0.3, 0.4) is 0 Å². The molecule has 1 atom stereocenters. The lowest BCUT2D eigenvalue weighted by Gasteiger charge is -2.14. The van der Waals surface area contributed by atoms with Gasteiger partial charge in [0.15, 0.2) is 0 Å². The Morgan fingerprint density at radius 1 is 1.13 bits per heavy atom. The summed E-state index contributed by atoms with van der Waals surface area (Å²) in [6, 6.07) is 12.1. The van der Waals surface area contributed by atoms with Crippen LogP contribution in [0.25, 0.3) is 0 Å². The van der Waals surface area contributed by atoms with Crippen molar-refractivity contribution in [3.05, 3.63) is 59.7 Å². The van der Waals surface area contributed by atoms with Gasteiger partial charge in [0.05, 0.1) is 4.90 Å². The summed E-state index contributed by atoms with van der Waals surface area (Å²) in [5.74, 6) is -0.0994. The van der Waals surface area contributed by atoms with Crippen LogP contribution in [0.4, 0.5) is 10.5 Å². The van der Waals surface area contributed by atoms with E-state index in [9.17, 15) is 18.0 Å². The van der Waals surface area contributed by atoms with Gasteiger partial charge in [-0.1, -0.05) is 44.0 Å². The second-order valence-electron chi connectivity index (χ2n) is 7.14. The molecule has 0 aliphatic carbocycles. The molecular weight excluding hydrogens is 418 g/mol. The van der Waals surface area contributed by atoms with Crippen molar-refractivity contribution in [1.29, 1.82) is 0 Å². The van der Waals surface area contributed by atoms with E-state index in [0.717, 1.165) is 18.4 Å². The van der Waals surface area contributed by atoms with E-state index in [-0.39, 0.29) is 23.2 Å². The number of sulfonamides is 1. The number of nitrogens with one attached hydrogen (secondary N) is 3. The molecule has 31 heavy (non-hydrogen) atoms. The summed E-state index contributed by atoms with van der Waals surface area (Å²) in [5, 5.41) is 5.32. The first-order chi connectivity index (χ1) is 14.8. The lowest BCUT2D eigenvalue weighted by Crippen LogP contribution is -2.35. The van der Waals surface area contributed by atoms with Crippen LogP contribution in [0.5, 0.6) is 0 Å². The minimum absolute atomic E-state index is 0.160. The maximum Gasteiger partial charge on any atom is 0.316 e. The molecule has 0 aromatic heterocycles. The summed E-state index contributed by atoms with van der Waals surface area (Å²) in [6.45, 7) is 2.28. The number of hydrogen-bond acceptors (Lipinski definition) is 5. The fraction of sp³-hybridized carbons (Fsp3) is 0.286. The number of nitrogens with two attached hydrogens (primary N) is 1. The summed E-state index contributed by atoms with van der Waals surface area (Å²) < 4.78 is 27.1. The number of hydrogen-bond donors (Lipinski definition) is 4. The van der Waals surface area contributed by atoms with Gasteiger partial charge in [-0.3, -0.25) is 14.5 Å². The fourth-order valence-electron chi connectivity index (χ4n) is 3.19. The van der Waals surface area contributed by atoms with Crippen molar-refractivity contribution in [3.63, 3.8) is 0 Å². The van der Waals surface area contributed by atoms with Crippen LogP contribution >= 0.6 is 0 Å². The minimum atomic E-state index is -3.67. The molecule has 1 unspecified atom stereocenters. The number of anilines is 1. The van der Waals surface area contributed by atoms with Crippen LogP contribution in [0.1, 0.15) is 37.3 Å². The molecule has 5 N–H and O–H groups in total. The van der Waals surface area contributed by atoms with E-state index in [2.05, 4.69) is 20.3 Å². The third kappa shape index (κ3) is 5.60. The number of primary amides is 1. The number of fused-ring (bicyclic) bond motifs is 1. The molecule has 2 aromatic rings. The lowest BCUT2D eigenvalue weighted by molar-refractivity contribution is -0.122. The fourth-order valence-corrected chi connectivity index (χ4v) is 4.43. The lowest BCUT2D eigenvalue weighted by atomic mass is 10.1. The van der Waals surface area contributed by atoms with E-state index in [1.807, 2.05) is 6.92 Å². The molecule has 1 heterocycles. The largest absolute Gasteiger partial charge is 0.351 e. The Morgan fingerprint density at radius 3 is 2.52 bits per heavy atom. The van der Waals surface area contributed by atoms with Gasteiger partial charge in [0.1, 0.15) is 11.9 Å². The summed E-state index contributed by atoms with van der Waals surface area (Å²) in [7, 11) is -3.67. The van der Waals surface area contributed by atoms with E-state index in [1.165, 1.54) is 6.07 Å². The van der Waals surface area contributed by atoms with Gasteiger partial charge in [-0.25, -0.2) is 13.2 Å². The molecule has 0 radical (unpaired) electrons. The molecule has 9 nitrogen and oxygen atoms in total. The van der Waals surface area contributed by atoms with Crippen LogP contribution < -0.4 is 21.1 Å². The molecule has 0 saturated heterocycles.